The van der Waals surface area contributed by atoms with Crippen LogP contribution in [-0.4, -0.2) is 75.4 Å². The van der Waals surface area contributed by atoms with Gasteiger partial charge in [-0.05, 0) is 0 Å². The summed E-state index contributed by atoms with van der Waals surface area (Å²) in [5, 5.41) is 31.1. The lowest BCUT2D eigenvalue weighted by Gasteiger charge is -2.29. The van der Waals surface area contributed by atoms with Crippen LogP contribution in [0.2, 0.25) is 0 Å². The van der Waals surface area contributed by atoms with Crippen LogP contribution in [0.15, 0.2) is 10.6 Å². The number of halogens is 1. The van der Waals surface area contributed by atoms with E-state index in [4.69, 9.17) is 15.6 Å². The molecule has 11 nitrogen and oxygen atoms in total. The van der Waals surface area contributed by atoms with Gasteiger partial charge >= 0.3 is 13.6 Å². The van der Waals surface area contributed by atoms with Gasteiger partial charge in [0.05, 0.1) is 12.5 Å². The first-order valence-corrected chi connectivity index (χ1v) is 9.70. The van der Waals surface area contributed by atoms with E-state index in [-0.39, 0.29) is 0 Å². The molecule has 2 aliphatic rings. The molecule has 2 rings (SSSR count). The molecule has 7 N–H and O–H groups in total. The standard InChI is InChI=1S/C12H18BrN2O9P/c13-5-1-4(12(20)15-11(5)14)10-9(19)8(18)6(24-10)2-23-25(21,22)3-7(16)17/h1,4,6,8-11,18-19H,2-3,14H2,(H,15,20)(H,16,17)(H,21,22)/t4-,6+,8+,9-,10-,11-/m0/s1. The van der Waals surface area contributed by atoms with Crippen molar-refractivity contribution in [3.05, 3.63) is 10.6 Å². The highest BCUT2D eigenvalue weighted by Crippen LogP contribution is 2.42. The molecule has 2 heterocycles. The van der Waals surface area contributed by atoms with Gasteiger partial charge < -0.3 is 40.5 Å². The molecule has 13 heteroatoms. The molecule has 0 radical (unpaired) electrons. The monoisotopic (exact) mass is 444 g/mol. The number of aliphatic carboxylic acids is 1. The summed E-state index contributed by atoms with van der Waals surface area (Å²) in [5.74, 6) is -3.00. The Kier molecular flexibility index (Phi) is 6.39. The number of rotatable bonds is 6. The van der Waals surface area contributed by atoms with Crippen molar-refractivity contribution in [1.82, 2.24) is 5.32 Å². The topological polar surface area (TPSA) is 189 Å². The van der Waals surface area contributed by atoms with Gasteiger partial charge in [-0.2, -0.15) is 0 Å². The normalized spacial score (nSPS) is 38.0. The minimum absolute atomic E-state index is 0.461. The molecule has 0 aliphatic carbocycles. The largest absolute Gasteiger partial charge is 0.481 e. The Morgan fingerprint density at radius 3 is 2.68 bits per heavy atom. The predicted octanol–water partition coefficient (Wildman–Crippen LogP) is -1.93. The fraction of sp³-hybridized carbons (Fsp3) is 0.667. The highest BCUT2D eigenvalue weighted by molar-refractivity contribution is 9.11. The molecule has 0 bridgehead atoms. The highest BCUT2D eigenvalue weighted by Gasteiger charge is 2.49. The molecular weight excluding hydrogens is 427 g/mol. The summed E-state index contributed by atoms with van der Waals surface area (Å²) < 4.78 is 22.0. The number of hydrogen-bond donors (Lipinski definition) is 6. The Hall–Kier alpha value is -0.850. The van der Waals surface area contributed by atoms with E-state index < -0.39 is 68.7 Å². The third kappa shape index (κ3) is 4.86. The van der Waals surface area contributed by atoms with Crippen molar-refractivity contribution in [2.75, 3.05) is 12.8 Å². The van der Waals surface area contributed by atoms with E-state index in [2.05, 4.69) is 25.8 Å². The number of aliphatic hydroxyl groups is 2. The summed E-state index contributed by atoms with van der Waals surface area (Å²) in [5.41, 5.74) is 5.63. The van der Waals surface area contributed by atoms with Crippen LogP contribution in [0.5, 0.6) is 0 Å². The Morgan fingerprint density at radius 2 is 2.08 bits per heavy atom. The average Bonchev–Trinajstić information content (AvgIpc) is 2.76. The second-order valence-electron chi connectivity index (χ2n) is 5.67. The van der Waals surface area contributed by atoms with Gasteiger partial charge in [0.1, 0.15) is 36.7 Å². The van der Waals surface area contributed by atoms with Crippen LogP contribution in [0, 0.1) is 5.92 Å². The van der Waals surface area contributed by atoms with Gasteiger partial charge in [0.15, 0.2) is 0 Å². The Morgan fingerprint density at radius 1 is 1.44 bits per heavy atom. The maximum atomic E-state index is 12.0. The fourth-order valence-corrected chi connectivity index (χ4v) is 3.74. The summed E-state index contributed by atoms with van der Waals surface area (Å²) in [6.45, 7) is -0.630. The lowest BCUT2D eigenvalue weighted by Crippen LogP contribution is -2.52. The van der Waals surface area contributed by atoms with E-state index in [1.54, 1.807) is 0 Å². The quantitative estimate of drug-likeness (QED) is 0.251. The second kappa shape index (κ2) is 7.80. The number of nitrogens with two attached hydrogens (primary N) is 1. The third-order valence-electron chi connectivity index (χ3n) is 3.77. The number of nitrogens with one attached hydrogen (secondary N) is 1. The molecule has 0 aromatic rings. The minimum Gasteiger partial charge on any atom is -0.481 e. The molecule has 1 saturated heterocycles. The molecule has 1 fully saturated rings. The van der Waals surface area contributed by atoms with Crippen molar-refractivity contribution in [2.24, 2.45) is 11.7 Å². The van der Waals surface area contributed by atoms with E-state index in [1.807, 2.05) is 0 Å². The Labute approximate surface area is 150 Å². The maximum Gasteiger partial charge on any atom is 0.339 e. The Balaban J connectivity index is 2.04. The van der Waals surface area contributed by atoms with E-state index in [0.717, 1.165) is 0 Å². The molecule has 1 unspecified atom stereocenters. The van der Waals surface area contributed by atoms with Crippen LogP contribution in [0.1, 0.15) is 0 Å². The molecule has 7 atom stereocenters. The van der Waals surface area contributed by atoms with Crippen LogP contribution >= 0.6 is 23.5 Å². The molecule has 0 saturated carbocycles. The van der Waals surface area contributed by atoms with Gasteiger partial charge in [-0.15, -0.1) is 0 Å². The fourth-order valence-electron chi connectivity index (χ4n) is 2.53. The smallest absolute Gasteiger partial charge is 0.339 e. The number of carbonyl (C=O) groups excluding carboxylic acids is 1. The lowest BCUT2D eigenvalue weighted by atomic mass is 9.93. The summed E-state index contributed by atoms with van der Waals surface area (Å²) >= 11 is 3.17. The summed E-state index contributed by atoms with van der Waals surface area (Å²) in [4.78, 5) is 31.9. The van der Waals surface area contributed by atoms with Crippen molar-refractivity contribution in [2.45, 2.75) is 30.6 Å². The van der Waals surface area contributed by atoms with E-state index in [9.17, 15) is 29.3 Å². The zero-order valence-corrected chi connectivity index (χ0v) is 15.2. The van der Waals surface area contributed by atoms with Crippen LogP contribution in [0.25, 0.3) is 0 Å². The Bertz CT molecular complexity index is 630. The van der Waals surface area contributed by atoms with Crippen molar-refractivity contribution in [3.63, 3.8) is 0 Å². The molecular formula is C12H18BrN2O9P. The first-order valence-electron chi connectivity index (χ1n) is 7.15. The van der Waals surface area contributed by atoms with Gasteiger partial charge in [0, 0.05) is 4.48 Å². The maximum absolute atomic E-state index is 12.0. The summed E-state index contributed by atoms with van der Waals surface area (Å²) in [7, 11) is -4.42. The van der Waals surface area contributed by atoms with Gasteiger partial charge in [0.2, 0.25) is 5.91 Å². The molecule has 2 aliphatic heterocycles. The van der Waals surface area contributed by atoms with Gasteiger partial charge in [-0.25, -0.2) is 0 Å². The number of carboxylic acid groups (broad SMARTS) is 1. The van der Waals surface area contributed by atoms with Crippen molar-refractivity contribution < 1.29 is 43.6 Å². The second-order valence-corrected chi connectivity index (χ2v) is 8.43. The summed E-state index contributed by atoms with van der Waals surface area (Å²) in [6, 6.07) is 0. The van der Waals surface area contributed by atoms with E-state index >= 15 is 0 Å². The summed E-state index contributed by atoms with van der Waals surface area (Å²) in [6.07, 6.45) is -5.72. The van der Waals surface area contributed by atoms with Crippen molar-refractivity contribution >= 4 is 35.4 Å². The number of hydrogen-bond acceptors (Lipinski definition) is 8. The van der Waals surface area contributed by atoms with Crippen molar-refractivity contribution in [3.8, 4) is 0 Å². The van der Waals surface area contributed by atoms with Crippen LogP contribution < -0.4 is 11.1 Å². The molecule has 142 valence electrons. The SMILES string of the molecule is N[C@H]1NC(=O)[C@H]([C@@H]2O[C@H](COP(=O)(O)CC(=O)O)[C@@H](O)[C@@H]2O)C=C1Br. The lowest BCUT2D eigenvalue weighted by molar-refractivity contribution is -0.134. The molecule has 0 aromatic heterocycles. The predicted molar refractivity (Wildman–Crippen MR) is 85.6 cm³/mol. The first-order chi connectivity index (χ1) is 11.5. The van der Waals surface area contributed by atoms with Crippen LogP contribution in [-0.2, 0) is 23.4 Å². The van der Waals surface area contributed by atoms with Gasteiger partial charge in [-0.3, -0.25) is 14.2 Å². The van der Waals surface area contributed by atoms with E-state index in [0.29, 0.717) is 4.48 Å². The molecule has 1 amide bonds. The number of ether oxygens (including phenoxy) is 1. The third-order valence-corrected chi connectivity index (χ3v) is 5.75. The van der Waals surface area contributed by atoms with Gasteiger partial charge in [0.25, 0.3) is 0 Å². The first kappa shape index (κ1) is 20.5. The van der Waals surface area contributed by atoms with Crippen LogP contribution in [0.3, 0.4) is 0 Å². The minimum atomic E-state index is -4.42. The zero-order chi connectivity index (χ0) is 18.9. The number of aliphatic hydroxyl groups excluding tert-OH is 2. The molecule has 25 heavy (non-hydrogen) atoms. The van der Waals surface area contributed by atoms with Gasteiger partial charge in [-0.1, -0.05) is 22.0 Å². The highest BCUT2D eigenvalue weighted by atomic mass is 79.9. The molecule has 0 spiro atoms. The number of carboxylic acids is 1. The number of amides is 1. The van der Waals surface area contributed by atoms with E-state index in [1.165, 1.54) is 6.08 Å². The molecule has 0 aromatic carbocycles. The van der Waals surface area contributed by atoms with Crippen LogP contribution in [0.4, 0.5) is 0 Å². The zero-order valence-electron chi connectivity index (χ0n) is 12.7. The number of carbonyl (C=O) groups is 2. The average molecular weight is 445 g/mol. The van der Waals surface area contributed by atoms with Crippen molar-refractivity contribution in [1.29, 1.82) is 0 Å².